The number of nitrogens with one attached hydrogen (secondary N) is 1. The molecule has 8 nitrogen and oxygen atoms in total. The van der Waals surface area contributed by atoms with Crippen molar-refractivity contribution >= 4 is 17.9 Å². The van der Waals surface area contributed by atoms with Gasteiger partial charge in [0.25, 0.3) is 5.91 Å². The summed E-state index contributed by atoms with van der Waals surface area (Å²) in [4.78, 5) is 37.6. The molecule has 3 heterocycles. The number of imide groups is 1. The van der Waals surface area contributed by atoms with Crippen molar-refractivity contribution in [3.05, 3.63) is 35.6 Å². The van der Waals surface area contributed by atoms with Crippen LogP contribution < -0.4 is 5.32 Å². The largest absolute Gasteiger partial charge is 0.340 e. The van der Waals surface area contributed by atoms with Gasteiger partial charge in [0.2, 0.25) is 0 Å². The second-order valence-corrected chi connectivity index (χ2v) is 8.92. The Bertz CT molecular complexity index is 867. The highest BCUT2D eigenvalue weighted by Crippen LogP contribution is 2.27. The lowest BCUT2D eigenvalue weighted by Crippen LogP contribution is -2.64. The van der Waals surface area contributed by atoms with Crippen molar-refractivity contribution in [2.75, 3.05) is 39.8 Å². The Hall–Kier alpha value is -2.68. The van der Waals surface area contributed by atoms with Crippen LogP contribution in [0.2, 0.25) is 0 Å². The van der Waals surface area contributed by atoms with E-state index in [0.29, 0.717) is 24.6 Å². The van der Waals surface area contributed by atoms with Crippen molar-refractivity contribution in [3.63, 3.8) is 0 Å². The minimum Gasteiger partial charge on any atom is -0.340 e. The van der Waals surface area contributed by atoms with Gasteiger partial charge in [0.15, 0.2) is 18.2 Å². The number of carbonyl (C=O) groups excluding carboxylic acids is 2. The highest BCUT2D eigenvalue weighted by molar-refractivity contribution is 6.03. The van der Waals surface area contributed by atoms with E-state index in [9.17, 15) is 14.0 Å². The van der Waals surface area contributed by atoms with Gasteiger partial charge in [0, 0.05) is 51.9 Å². The van der Waals surface area contributed by atoms with E-state index in [4.69, 9.17) is 4.99 Å². The van der Waals surface area contributed by atoms with Crippen molar-refractivity contribution in [2.45, 2.75) is 39.0 Å². The summed E-state index contributed by atoms with van der Waals surface area (Å²) >= 11 is 0. The predicted molar refractivity (Wildman–Crippen MR) is 116 cm³/mol. The lowest BCUT2D eigenvalue weighted by atomic mass is 10.1. The normalized spacial score (nSPS) is 24.5. The first-order valence-electron chi connectivity index (χ1n) is 11.0. The summed E-state index contributed by atoms with van der Waals surface area (Å²) in [6, 6.07) is 5.99. The number of fused-ring (bicyclic) bond motifs is 1. The molecule has 0 saturated carbocycles. The van der Waals surface area contributed by atoms with Gasteiger partial charge in [0.1, 0.15) is 5.82 Å². The van der Waals surface area contributed by atoms with Crippen molar-refractivity contribution in [1.29, 1.82) is 0 Å². The summed E-state index contributed by atoms with van der Waals surface area (Å²) < 4.78 is 14.0. The number of guanidine groups is 1. The summed E-state index contributed by atoms with van der Waals surface area (Å²) in [5.41, 5.74) is 0.704. The van der Waals surface area contributed by atoms with Crippen molar-refractivity contribution < 1.29 is 14.0 Å². The van der Waals surface area contributed by atoms with E-state index in [-0.39, 0.29) is 11.7 Å². The molecule has 31 heavy (non-hydrogen) atoms. The average molecular weight is 431 g/mol. The van der Waals surface area contributed by atoms with Gasteiger partial charge >= 0.3 is 6.03 Å². The molecule has 0 aromatic heterocycles. The number of halogens is 1. The molecule has 3 amide bonds. The van der Waals surface area contributed by atoms with E-state index in [0.717, 1.165) is 38.6 Å². The van der Waals surface area contributed by atoms with Crippen LogP contribution in [0.25, 0.3) is 0 Å². The lowest BCUT2D eigenvalue weighted by Gasteiger charge is -2.40. The molecule has 1 aromatic rings. The number of carbonyl (C=O) groups is 2. The van der Waals surface area contributed by atoms with Crippen LogP contribution in [0.4, 0.5) is 9.18 Å². The smallest absolute Gasteiger partial charge is 0.325 e. The number of hydrogen-bond donors (Lipinski definition) is 1. The van der Waals surface area contributed by atoms with Gasteiger partial charge in [-0.3, -0.25) is 15.0 Å². The Morgan fingerprint density at radius 2 is 1.87 bits per heavy atom. The van der Waals surface area contributed by atoms with Crippen LogP contribution in [-0.4, -0.2) is 89.5 Å². The molecule has 0 bridgehead atoms. The van der Waals surface area contributed by atoms with E-state index in [1.807, 2.05) is 12.1 Å². The molecule has 168 valence electrons. The third-order valence-corrected chi connectivity index (χ3v) is 6.29. The number of hydrogen-bond acceptors (Lipinski definition) is 6. The molecule has 0 aliphatic carbocycles. The Kier molecular flexibility index (Phi) is 6.13. The zero-order valence-corrected chi connectivity index (χ0v) is 18.4. The third-order valence-electron chi connectivity index (χ3n) is 6.29. The molecule has 3 aliphatic rings. The maximum absolute atomic E-state index is 14.0. The molecule has 2 fully saturated rings. The maximum atomic E-state index is 14.0. The van der Waals surface area contributed by atoms with Crippen molar-refractivity contribution in [2.24, 2.45) is 10.9 Å². The van der Waals surface area contributed by atoms with Gasteiger partial charge in [-0.05, 0) is 18.4 Å². The number of piperazine rings is 1. The maximum Gasteiger partial charge on any atom is 0.325 e. The predicted octanol–water partition coefficient (Wildman–Crippen LogP) is 1.54. The quantitative estimate of drug-likeness (QED) is 0.767. The second kappa shape index (κ2) is 8.82. The molecule has 0 spiro atoms. The number of likely N-dealkylation sites (N-methyl/N-ethyl adjacent to an activating group) is 1. The van der Waals surface area contributed by atoms with Crippen LogP contribution in [0.3, 0.4) is 0 Å². The van der Waals surface area contributed by atoms with Crippen LogP contribution in [0, 0.1) is 11.7 Å². The first-order chi connectivity index (χ1) is 14.8. The molecule has 1 N–H and O–H groups in total. The zero-order valence-electron chi connectivity index (χ0n) is 18.4. The van der Waals surface area contributed by atoms with Crippen molar-refractivity contribution in [1.82, 2.24) is 24.9 Å². The molecule has 0 radical (unpaired) electrons. The molecule has 2 atom stereocenters. The minimum atomic E-state index is -0.500. The molecular weight excluding hydrogens is 399 g/mol. The first kappa shape index (κ1) is 21.5. The highest BCUT2D eigenvalue weighted by Gasteiger charge is 2.49. The van der Waals surface area contributed by atoms with Gasteiger partial charge in [-0.1, -0.05) is 32.0 Å². The monoisotopic (exact) mass is 430 g/mol. The fraction of sp³-hybridized carbons (Fsp3) is 0.591. The molecule has 3 aliphatic heterocycles. The van der Waals surface area contributed by atoms with Gasteiger partial charge in [-0.2, -0.15) is 0 Å². The van der Waals surface area contributed by atoms with Crippen LogP contribution >= 0.6 is 0 Å². The van der Waals surface area contributed by atoms with E-state index >= 15 is 0 Å². The van der Waals surface area contributed by atoms with Gasteiger partial charge < -0.3 is 14.7 Å². The van der Waals surface area contributed by atoms with E-state index in [1.54, 1.807) is 13.1 Å². The van der Waals surface area contributed by atoms with E-state index in [1.165, 1.54) is 11.0 Å². The number of urea groups is 1. The Morgan fingerprint density at radius 3 is 2.55 bits per heavy atom. The number of benzene rings is 1. The highest BCUT2D eigenvalue weighted by atomic mass is 19.1. The summed E-state index contributed by atoms with van der Waals surface area (Å²) in [7, 11) is 1.68. The van der Waals surface area contributed by atoms with E-state index < -0.39 is 18.2 Å². The SMILES string of the molecule is CC(C)CCN1C(N2CCN(Cc3ccccc3F)CC2)=NC2C1C(=O)NC(=O)N2C. The topological polar surface area (TPSA) is 71.5 Å². The standard InChI is InChI=1S/C22H31FN6O2/c1-15(2)8-9-29-18-19(26(3)22(31)25-20(18)30)24-21(29)28-12-10-27(11-13-28)14-16-6-4-5-7-17(16)23/h4-7,15,18-19H,8-14H2,1-3H3,(H,25,30,31). The number of nitrogens with zero attached hydrogens (tertiary/aromatic N) is 5. The number of rotatable bonds is 5. The van der Waals surface area contributed by atoms with Crippen molar-refractivity contribution in [3.8, 4) is 0 Å². The molecule has 1 aromatic carbocycles. The van der Waals surface area contributed by atoms with Gasteiger partial charge in [-0.25, -0.2) is 14.2 Å². The Labute approximate surface area is 182 Å². The third kappa shape index (κ3) is 4.37. The summed E-state index contributed by atoms with van der Waals surface area (Å²) in [6.07, 6.45) is 0.431. The summed E-state index contributed by atoms with van der Waals surface area (Å²) in [6.45, 7) is 8.64. The fourth-order valence-electron chi connectivity index (χ4n) is 4.38. The summed E-state index contributed by atoms with van der Waals surface area (Å²) in [5, 5.41) is 2.45. The fourth-order valence-corrected chi connectivity index (χ4v) is 4.38. The van der Waals surface area contributed by atoms with Crippen LogP contribution in [0.5, 0.6) is 0 Å². The molecule has 2 saturated heterocycles. The van der Waals surface area contributed by atoms with Crippen LogP contribution in [0.15, 0.2) is 29.3 Å². The van der Waals surface area contributed by atoms with E-state index in [2.05, 4.69) is 33.9 Å². The average Bonchev–Trinajstić information content (AvgIpc) is 3.13. The summed E-state index contributed by atoms with van der Waals surface area (Å²) in [5.74, 6) is 0.823. The number of amides is 3. The van der Waals surface area contributed by atoms with Crippen LogP contribution in [0.1, 0.15) is 25.8 Å². The van der Waals surface area contributed by atoms with Gasteiger partial charge in [-0.15, -0.1) is 0 Å². The molecule has 2 unspecified atom stereocenters. The molecular formula is C22H31FN6O2. The molecule has 4 rings (SSSR count). The Morgan fingerprint density at radius 1 is 1.16 bits per heavy atom. The second-order valence-electron chi connectivity index (χ2n) is 8.92. The lowest BCUT2D eigenvalue weighted by molar-refractivity contribution is -0.127. The molecule has 9 heteroatoms. The Balaban J connectivity index is 1.47. The first-order valence-corrected chi connectivity index (χ1v) is 11.0. The van der Waals surface area contributed by atoms with Gasteiger partial charge in [0.05, 0.1) is 0 Å². The van der Waals surface area contributed by atoms with Crippen LogP contribution in [-0.2, 0) is 11.3 Å². The zero-order chi connectivity index (χ0) is 22.1. The minimum absolute atomic E-state index is 0.173. The number of aliphatic imine (C=N–C) groups is 1.